The van der Waals surface area contributed by atoms with Crippen molar-refractivity contribution >= 4 is 11.9 Å². The van der Waals surface area contributed by atoms with Crippen LogP contribution in [0.15, 0.2) is 24.3 Å². The lowest BCUT2D eigenvalue weighted by Gasteiger charge is -2.14. The number of hydrogen-bond donors (Lipinski definition) is 2. The SMILES string of the molecule is O=C(CCc1cccc(OC2CCCC2)c1)N[C@@H]1CC[C@H](C(=O)O)C1. The molecule has 5 heteroatoms. The first-order valence-corrected chi connectivity index (χ1v) is 9.38. The summed E-state index contributed by atoms with van der Waals surface area (Å²) in [6.45, 7) is 0. The van der Waals surface area contributed by atoms with E-state index in [0.717, 1.165) is 30.6 Å². The largest absolute Gasteiger partial charge is 0.490 e. The van der Waals surface area contributed by atoms with Crippen LogP contribution in [0.1, 0.15) is 56.9 Å². The van der Waals surface area contributed by atoms with Gasteiger partial charge in [-0.2, -0.15) is 0 Å². The van der Waals surface area contributed by atoms with Gasteiger partial charge in [-0.1, -0.05) is 12.1 Å². The van der Waals surface area contributed by atoms with Gasteiger partial charge in [-0.25, -0.2) is 0 Å². The number of nitrogens with one attached hydrogen (secondary N) is 1. The Labute approximate surface area is 148 Å². The van der Waals surface area contributed by atoms with Gasteiger partial charge in [0.25, 0.3) is 0 Å². The van der Waals surface area contributed by atoms with Gasteiger partial charge in [0.2, 0.25) is 5.91 Å². The predicted octanol–water partition coefficient (Wildman–Crippen LogP) is 3.31. The Morgan fingerprint density at radius 1 is 1.16 bits per heavy atom. The van der Waals surface area contributed by atoms with Crippen LogP contribution in [0.5, 0.6) is 5.75 Å². The van der Waals surface area contributed by atoms with Crippen molar-refractivity contribution in [2.45, 2.75) is 69.9 Å². The fraction of sp³-hybridized carbons (Fsp3) is 0.600. The van der Waals surface area contributed by atoms with Crippen LogP contribution >= 0.6 is 0 Å². The second-order valence-electron chi connectivity index (χ2n) is 7.28. The van der Waals surface area contributed by atoms with E-state index in [0.29, 0.717) is 31.8 Å². The summed E-state index contributed by atoms with van der Waals surface area (Å²) in [5.41, 5.74) is 1.10. The van der Waals surface area contributed by atoms with Gasteiger partial charge in [0, 0.05) is 12.5 Å². The van der Waals surface area contributed by atoms with Crippen molar-refractivity contribution in [2.75, 3.05) is 0 Å². The van der Waals surface area contributed by atoms with Crippen LogP contribution in [-0.4, -0.2) is 29.1 Å². The van der Waals surface area contributed by atoms with Crippen molar-refractivity contribution in [1.29, 1.82) is 0 Å². The number of benzene rings is 1. The molecule has 25 heavy (non-hydrogen) atoms. The second kappa shape index (κ2) is 8.37. The molecule has 0 spiro atoms. The van der Waals surface area contributed by atoms with Gasteiger partial charge in [0.05, 0.1) is 12.0 Å². The number of carbonyl (C=O) groups excluding carboxylic acids is 1. The summed E-state index contributed by atoms with van der Waals surface area (Å²) in [5, 5.41) is 12.0. The van der Waals surface area contributed by atoms with Crippen molar-refractivity contribution in [2.24, 2.45) is 5.92 Å². The van der Waals surface area contributed by atoms with Crippen LogP contribution in [0.2, 0.25) is 0 Å². The quantitative estimate of drug-likeness (QED) is 0.795. The Morgan fingerprint density at radius 3 is 2.68 bits per heavy atom. The topological polar surface area (TPSA) is 75.6 Å². The van der Waals surface area contributed by atoms with Crippen LogP contribution in [0.25, 0.3) is 0 Å². The average Bonchev–Trinajstić information content (AvgIpc) is 3.25. The second-order valence-corrected chi connectivity index (χ2v) is 7.28. The highest BCUT2D eigenvalue weighted by molar-refractivity contribution is 5.77. The molecule has 1 aromatic carbocycles. The van der Waals surface area contributed by atoms with E-state index in [1.54, 1.807) is 0 Å². The van der Waals surface area contributed by atoms with Crippen molar-refractivity contribution in [1.82, 2.24) is 5.32 Å². The summed E-state index contributed by atoms with van der Waals surface area (Å²) in [6.07, 6.45) is 8.13. The van der Waals surface area contributed by atoms with Crippen LogP contribution in [0, 0.1) is 5.92 Å². The molecule has 2 saturated carbocycles. The lowest BCUT2D eigenvalue weighted by atomic mass is 10.1. The molecule has 136 valence electrons. The highest BCUT2D eigenvalue weighted by Gasteiger charge is 2.30. The van der Waals surface area contributed by atoms with Crippen molar-refractivity contribution in [3.63, 3.8) is 0 Å². The van der Waals surface area contributed by atoms with Gasteiger partial charge in [-0.3, -0.25) is 9.59 Å². The molecule has 0 bridgehead atoms. The third-order valence-corrected chi connectivity index (χ3v) is 5.29. The molecule has 0 aromatic heterocycles. The summed E-state index contributed by atoms with van der Waals surface area (Å²) < 4.78 is 6.01. The van der Waals surface area contributed by atoms with Crippen molar-refractivity contribution in [3.05, 3.63) is 29.8 Å². The number of aliphatic carboxylic acids is 1. The average molecular weight is 345 g/mol. The van der Waals surface area contributed by atoms with Gasteiger partial charge >= 0.3 is 5.97 Å². The van der Waals surface area contributed by atoms with Gasteiger partial charge < -0.3 is 15.2 Å². The zero-order valence-electron chi connectivity index (χ0n) is 14.6. The Hall–Kier alpha value is -2.04. The highest BCUT2D eigenvalue weighted by Crippen LogP contribution is 2.26. The number of rotatable bonds is 7. The van der Waals surface area contributed by atoms with Crippen LogP contribution in [0.3, 0.4) is 0 Å². The number of ether oxygens (including phenoxy) is 1. The minimum absolute atomic E-state index is 0.00171. The highest BCUT2D eigenvalue weighted by atomic mass is 16.5. The van der Waals surface area contributed by atoms with Crippen LogP contribution in [-0.2, 0) is 16.0 Å². The molecular formula is C20H27NO4. The van der Waals surface area contributed by atoms with E-state index in [2.05, 4.69) is 5.32 Å². The van der Waals surface area contributed by atoms with E-state index < -0.39 is 5.97 Å². The van der Waals surface area contributed by atoms with Gasteiger partial charge in [-0.05, 0) is 69.1 Å². The van der Waals surface area contributed by atoms with Gasteiger partial charge in [-0.15, -0.1) is 0 Å². The Balaban J connectivity index is 1.43. The molecule has 0 heterocycles. The number of carboxylic acid groups (broad SMARTS) is 1. The molecule has 1 aromatic rings. The normalized spacial score (nSPS) is 23.5. The summed E-state index contributed by atoms with van der Waals surface area (Å²) in [6, 6.07) is 8.01. The number of carboxylic acids is 1. The van der Waals surface area contributed by atoms with Crippen molar-refractivity contribution < 1.29 is 19.4 Å². The summed E-state index contributed by atoms with van der Waals surface area (Å²) in [4.78, 5) is 23.1. The smallest absolute Gasteiger partial charge is 0.306 e. The number of amides is 1. The summed E-state index contributed by atoms with van der Waals surface area (Å²) in [5.74, 6) is -0.173. The molecular weight excluding hydrogens is 318 g/mol. The molecule has 3 rings (SSSR count). The maximum atomic E-state index is 12.1. The minimum atomic E-state index is -0.754. The third kappa shape index (κ3) is 5.21. The maximum Gasteiger partial charge on any atom is 0.306 e. The monoisotopic (exact) mass is 345 g/mol. The molecule has 0 saturated heterocycles. The fourth-order valence-electron chi connectivity index (χ4n) is 3.87. The molecule has 1 amide bonds. The molecule has 2 aliphatic carbocycles. The fourth-order valence-corrected chi connectivity index (χ4v) is 3.87. The number of hydrogen-bond acceptors (Lipinski definition) is 3. The van der Waals surface area contributed by atoms with Crippen molar-refractivity contribution in [3.8, 4) is 5.75 Å². The summed E-state index contributed by atoms with van der Waals surface area (Å²) in [7, 11) is 0. The van der Waals surface area contributed by atoms with E-state index in [1.165, 1.54) is 12.8 Å². The molecule has 2 fully saturated rings. The molecule has 2 N–H and O–H groups in total. The Kier molecular flexibility index (Phi) is 5.95. The van der Waals surface area contributed by atoms with E-state index in [-0.39, 0.29) is 17.9 Å². The molecule has 2 aliphatic rings. The zero-order valence-corrected chi connectivity index (χ0v) is 14.6. The predicted molar refractivity (Wildman–Crippen MR) is 94.6 cm³/mol. The van der Waals surface area contributed by atoms with Gasteiger partial charge in [0.1, 0.15) is 5.75 Å². The molecule has 2 atom stereocenters. The van der Waals surface area contributed by atoms with Gasteiger partial charge in [0.15, 0.2) is 0 Å². The molecule has 0 unspecified atom stereocenters. The summed E-state index contributed by atoms with van der Waals surface area (Å²) >= 11 is 0. The zero-order chi connectivity index (χ0) is 17.6. The van der Waals surface area contributed by atoms with E-state index in [4.69, 9.17) is 9.84 Å². The van der Waals surface area contributed by atoms with Crippen LogP contribution < -0.4 is 10.1 Å². The lowest BCUT2D eigenvalue weighted by molar-refractivity contribution is -0.141. The first-order chi connectivity index (χ1) is 12.1. The van der Waals surface area contributed by atoms with E-state index in [9.17, 15) is 9.59 Å². The molecule has 0 aliphatic heterocycles. The van der Waals surface area contributed by atoms with Crippen LogP contribution in [0.4, 0.5) is 0 Å². The van der Waals surface area contributed by atoms with E-state index in [1.807, 2.05) is 24.3 Å². The third-order valence-electron chi connectivity index (χ3n) is 5.29. The first-order valence-electron chi connectivity index (χ1n) is 9.38. The van der Waals surface area contributed by atoms with E-state index >= 15 is 0 Å². The molecule has 5 nitrogen and oxygen atoms in total. The first kappa shape index (κ1) is 17.8. The lowest BCUT2D eigenvalue weighted by Crippen LogP contribution is -2.33. The number of carbonyl (C=O) groups is 2. The standard InChI is InChI=1S/C20H27NO4/c22-19(21-16-10-9-15(13-16)20(23)24)11-8-14-4-3-7-18(12-14)25-17-5-1-2-6-17/h3-4,7,12,15-17H,1-2,5-6,8-11,13H2,(H,21,22)(H,23,24)/t15-,16+/m0/s1. The maximum absolute atomic E-state index is 12.1. The Bertz CT molecular complexity index is 609. The minimum Gasteiger partial charge on any atom is -0.490 e. The Morgan fingerprint density at radius 2 is 1.96 bits per heavy atom. The molecule has 0 radical (unpaired) electrons. The number of aryl methyl sites for hydroxylation is 1.